The van der Waals surface area contributed by atoms with Gasteiger partial charge in [0, 0.05) is 0 Å². The summed E-state index contributed by atoms with van der Waals surface area (Å²) in [5, 5.41) is 0. The highest BCUT2D eigenvalue weighted by Crippen LogP contribution is 2.23. The van der Waals surface area contributed by atoms with E-state index < -0.39 is 8.25 Å². The summed E-state index contributed by atoms with van der Waals surface area (Å²) in [6.07, 6.45) is 1.76. The first-order valence-electron chi connectivity index (χ1n) is 5.61. The highest BCUT2D eigenvalue weighted by Gasteiger charge is 2.00. The van der Waals surface area contributed by atoms with Crippen LogP contribution in [0.2, 0.25) is 0 Å². The summed E-state index contributed by atoms with van der Waals surface area (Å²) in [4.78, 5) is 4.14. The molecule has 0 bridgehead atoms. The minimum absolute atomic E-state index is 0.504. The Bertz CT molecular complexity index is 171. The fraction of sp³-hybridized carbons (Fsp3) is 1.00. The third-order valence-corrected chi connectivity index (χ3v) is 2.82. The van der Waals surface area contributed by atoms with Crippen LogP contribution in [0.1, 0.15) is 12.8 Å². The molecule has 16 heavy (non-hydrogen) atoms. The van der Waals surface area contributed by atoms with E-state index in [4.69, 9.17) is 9.05 Å². The van der Waals surface area contributed by atoms with E-state index in [1.165, 1.54) is 0 Å². The van der Waals surface area contributed by atoms with Gasteiger partial charge < -0.3 is 18.8 Å². The molecule has 0 aliphatic heterocycles. The average Bonchev–Trinajstić information content (AvgIpc) is 2.19. The molecule has 0 spiro atoms. The van der Waals surface area contributed by atoms with Gasteiger partial charge in [0.2, 0.25) is 0 Å². The summed E-state index contributed by atoms with van der Waals surface area (Å²) in [5.74, 6) is 0. The normalized spacial score (nSPS) is 11.9. The molecule has 0 atom stereocenters. The van der Waals surface area contributed by atoms with E-state index in [2.05, 4.69) is 9.80 Å². The number of hydrogen-bond donors (Lipinski definition) is 0. The van der Waals surface area contributed by atoms with Gasteiger partial charge in [-0.15, -0.1) is 0 Å². The zero-order chi connectivity index (χ0) is 12.4. The Morgan fingerprint density at radius 3 is 1.56 bits per heavy atom. The zero-order valence-electron chi connectivity index (χ0n) is 10.9. The van der Waals surface area contributed by atoms with Crippen molar-refractivity contribution in [3.05, 3.63) is 0 Å². The first-order chi connectivity index (χ1) is 7.52. The predicted molar refractivity (Wildman–Crippen MR) is 67.2 cm³/mol. The lowest BCUT2D eigenvalue weighted by Gasteiger charge is -2.10. The summed E-state index contributed by atoms with van der Waals surface area (Å²) < 4.78 is 21.4. The Morgan fingerprint density at radius 1 is 0.875 bits per heavy atom. The third kappa shape index (κ3) is 12.1. The van der Waals surface area contributed by atoms with Crippen molar-refractivity contribution in [1.29, 1.82) is 0 Å². The maximum absolute atomic E-state index is 11.2. The van der Waals surface area contributed by atoms with Crippen LogP contribution in [-0.2, 0) is 13.6 Å². The molecule has 0 N–H and O–H groups in total. The van der Waals surface area contributed by atoms with E-state index in [0.29, 0.717) is 13.2 Å². The van der Waals surface area contributed by atoms with Gasteiger partial charge in [-0.05, 0) is 54.1 Å². The summed E-state index contributed by atoms with van der Waals surface area (Å²) >= 11 is 0. The Morgan fingerprint density at radius 2 is 1.25 bits per heavy atom. The lowest BCUT2D eigenvalue weighted by atomic mass is 10.4. The summed E-state index contributed by atoms with van der Waals surface area (Å²) in [6.45, 7) is 2.89. The van der Waals surface area contributed by atoms with E-state index >= 15 is 0 Å². The van der Waals surface area contributed by atoms with Crippen LogP contribution in [0, 0.1) is 0 Å². The van der Waals surface area contributed by atoms with Gasteiger partial charge >= 0.3 is 8.25 Å². The molecule has 0 aromatic carbocycles. The van der Waals surface area contributed by atoms with Gasteiger partial charge in [-0.25, -0.2) is 0 Å². The summed E-state index contributed by atoms with van der Waals surface area (Å²) in [7, 11) is 5.73. The zero-order valence-corrected chi connectivity index (χ0v) is 11.9. The fourth-order valence-corrected chi connectivity index (χ4v) is 1.82. The van der Waals surface area contributed by atoms with Crippen LogP contribution in [0.25, 0.3) is 0 Å². The number of rotatable bonds is 10. The number of nitrogens with zero attached hydrogens (tertiary/aromatic N) is 2. The van der Waals surface area contributed by atoms with Crippen LogP contribution in [0.3, 0.4) is 0 Å². The van der Waals surface area contributed by atoms with E-state index in [1.54, 1.807) is 0 Å². The van der Waals surface area contributed by atoms with Crippen LogP contribution in [0.5, 0.6) is 0 Å². The summed E-state index contributed by atoms with van der Waals surface area (Å²) in [6, 6.07) is 0. The molecular weight excluding hydrogens is 227 g/mol. The lowest BCUT2D eigenvalue weighted by Crippen LogP contribution is -2.14. The van der Waals surface area contributed by atoms with Crippen LogP contribution in [-0.4, -0.2) is 64.3 Å². The Hall–Kier alpha value is 0.0700. The van der Waals surface area contributed by atoms with Gasteiger partial charge in [-0.3, -0.25) is 4.57 Å². The molecule has 0 saturated carbocycles. The highest BCUT2D eigenvalue weighted by molar-refractivity contribution is 7.33. The van der Waals surface area contributed by atoms with Crippen LogP contribution in [0.4, 0.5) is 0 Å². The standard InChI is InChI=1S/C10H25N2O3P/c1-11(2)7-5-9-14-16(13)15-10-6-8-12(3)4/h16H,5-10H2,1-4H3. The molecule has 0 fully saturated rings. The maximum atomic E-state index is 11.2. The molecule has 0 rings (SSSR count). The first-order valence-corrected chi connectivity index (χ1v) is 6.84. The minimum Gasteiger partial charge on any atom is -0.311 e. The molecule has 0 amide bonds. The highest BCUT2D eigenvalue weighted by atomic mass is 31.1. The van der Waals surface area contributed by atoms with Gasteiger partial charge in [0.05, 0.1) is 13.2 Å². The molecule has 0 radical (unpaired) electrons. The second kappa shape index (κ2) is 10.2. The monoisotopic (exact) mass is 252 g/mol. The molecule has 5 nitrogen and oxygen atoms in total. The van der Waals surface area contributed by atoms with Crippen molar-refractivity contribution in [2.75, 3.05) is 54.5 Å². The molecule has 0 heterocycles. The van der Waals surface area contributed by atoms with Crippen molar-refractivity contribution in [2.45, 2.75) is 12.8 Å². The maximum Gasteiger partial charge on any atom is 0.319 e. The smallest absolute Gasteiger partial charge is 0.311 e. The topological polar surface area (TPSA) is 42.0 Å². The van der Waals surface area contributed by atoms with E-state index in [0.717, 1.165) is 25.9 Å². The van der Waals surface area contributed by atoms with Gasteiger partial charge in [0.15, 0.2) is 0 Å². The molecular formula is C10H25N2O3P. The molecule has 0 unspecified atom stereocenters. The van der Waals surface area contributed by atoms with Crippen LogP contribution < -0.4 is 0 Å². The quantitative estimate of drug-likeness (QED) is 0.433. The SMILES string of the molecule is CN(C)CCCO[PH](=O)OCCCN(C)C. The van der Waals surface area contributed by atoms with Crippen molar-refractivity contribution in [2.24, 2.45) is 0 Å². The van der Waals surface area contributed by atoms with Crippen molar-refractivity contribution in [3.63, 3.8) is 0 Å². The molecule has 0 aliphatic carbocycles. The Balaban J connectivity index is 3.25. The van der Waals surface area contributed by atoms with E-state index in [1.807, 2.05) is 28.2 Å². The number of hydrogen-bond acceptors (Lipinski definition) is 5. The van der Waals surface area contributed by atoms with Gasteiger partial charge in [0.1, 0.15) is 0 Å². The molecule has 0 aromatic rings. The third-order valence-electron chi connectivity index (χ3n) is 1.94. The molecule has 0 saturated heterocycles. The van der Waals surface area contributed by atoms with Crippen molar-refractivity contribution >= 4 is 8.25 Å². The van der Waals surface area contributed by atoms with Crippen LogP contribution in [0.15, 0.2) is 0 Å². The lowest BCUT2D eigenvalue weighted by molar-refractivity contribution is 0.209. The van der Waals surface area contributed by atoms with Crippen LogP contribution >= 0.6 is 8.25 Å². The molecule has 0 aromatic heterocycles. The molecule has 0 aliphatic rings. The Labute approximate surface area is 99.6 Å². The van der Waals surface area contributed by atoms with E-state index in [-0.39, 0.29) is 0 Å². The Kier molecular flexibility index (Phi) is 10.3. The van der Waals surface area contributed by atoms with Gasteiger partial charge in [0.25, 0.3) is 0 Å². The average molecular weight is 252 g/mol. The predicted octanol–water partition coefficient (Wildman–Crippen LogP) is 1.31. The second-order valence-electron chi connectivity index (χ2n) is 4.26. The van der Waals surface area contributed by atoms with E-state index in [9.17, 15) is 4.57 Å². The molecule has 6 heteroatoms. The first kappa shape index (κ1) is 16.1. The fourth-order valence-electron chi connectivity index (χ4n) is 1.11. The van der Waals surface area contributed by atoms with Crippen molar-refractivity contribution in [1.82, 2.24) is 9.80 Å². The summed E-state index contributed by atoms with van der Waals surface area (Å²) in [5.41, 5.74) is 0. The second-order valence-corrected chi connectivity index (χ2v) is 5.34. The van der Waals surface area contributed by atoms with Gasteiger partial charge in [-0.2, -0.15) is 0 Å². The largest absolute Gasteiger partial charge is 0.319 e. The molecule has 98 valence electrons. The van der Waals surface area contributed by atoms with Crippen molar-refractivity contribution in [3.8, 4) is 0 Å². The van der Waals surface area contributed by atoms with Gasteiger partial charge in [-0.1, -0.05) is 0 Å². The minimum atomic E-state index is -2.27. The van der Waals surface area contributed by atoms with Crippen molar-refractivity contribution < 1.29 is 13.6 Å².